The SMILES string of the molecule is CO[C@@H]1CCN(C(=O)c2cccc(N3CCO[C@H]([C@@H](O)C(=O)Nc4ccc(C#N)c(CN(C(=O)OC(C)(C)C)C(=O)OC(C)(C)C)c4)C3=O)c2)C1. The summed E-state index contributed by atoms with van der Waals surface area (Å²) in [6, 6.07) is 12.7. The Labute approximate surface area is 297 Å². The molecule has 5 amide bonds. The maximum absolute atomic E-state index is 13.5. The van der Waals surface area contributed by atoms with Crippen molar-refractivity contribution < 1.29 is 48.0 Å². The van der Waals surface area contributed by atoms with Gasteiger partial charge in [-0.2, -0.15) is 5.26 Å². The summed E-state index contributed by atoms with van der Waals surface area (Å²) in [5, 5.41) is 23.3. The van der Waals surface area contributed by atoms with Gasteiger partial charge in [0.2, 0.25) is 0 Å². The molecule has 51 heavy (non-hydrogen) atoms. The molecule has 0 aliphatic carbocycles. The molecule has 15 heteroatoms. The van der Waals surface area contributed by atoms with Crippen LogP contribution in [0.5, 0.6) is 0 Å². The molecule has 0 saturated carbocycles. The Bertz CT molecular complexity index is 1660. The summed E-state index contributed by atoms with van der Waals surface area (Å²) in [7, 11) is 1.60. The van der Waals surface area contributed by atoms with E-state index in [1.54, 1.807) is 77.8 Å². The molecule has 2 fully saturated rings. The number of aliphatic hydroxyl groups excluding tert-OH is 1. The van der Waals surface area contributed by atoms with Gasteiger partial charge in [0.1, 0.15) is 11.2 Å². The normalized spacial score (nSPS) is 18.5. The number of nitriles is 1. The highest BCUT2D eigenvalue weighted by Crippen LogP contribution is 2.25. The fraction of sp³-hybridized carbons (Fsp3) is 0.500. The first kappa shape index (κ1) is 38.8. The van der Waals surface area contributed by atoms with Crippen LogP contribution in [-0.4, -0.2) is 108 Å². The number of amides is 5. The maximum Gasteiger partial charge on any atom is 0.420 e. The third kappa shape index (κ3) is 10.0. The molecule has 0 bridgehead atoms. The lowest BCUT2D eigenvalue weighted by atomic mass is 10.1. The molecule has 2 heterocycles. The summed E-state index contributed by atoms with van der Waals surface area (Å²) in [4.78, 5) is 69.8. The van der Waals surface area contributed by atoms with Gasteiger partial charge in [0.15, 0.2) is 12.2 Å². The first-order chi connectivity index (χ1) is 23.9. The average Bonchev–Trinajstić information content (AvgIpc) is 3.54. The molecule has 4 rings (SSSR count). The molecular weight excluding hydrogens is 662 g/mol. The number of methoxy groups -OCH3 is 1. The highest BCUT2D eigenvalue weighted by atomic mass is 16.6. The largest absolute Gasteiger partial charge is 0.443 e. The van der Waals surface area contributed by atoms with Gasteiger partial charge in [-0.1, -0.05) is 6.07 Å². The lowest BCUT2D eigenvalue weighted by molar-refractivity contribution is -0.150. The van der Waals surface area contributed by atoms with E-state index in [2.05, 4.69) is 5.32 Å². The van der Waals surface area contributed by atoms with Gasteiger partial charge in [-0.25, -0.2) is 14.5 Å². The van der Waals surface area contributed by atoms with E-state index in [9.17, 15) is 34.3 Å². The van der Waals surface area contributed by atoms with E-state index in [-0.39, 0.29) is 42.0 Å². The standard InChI is InChI=1S/C36H45N5O10/c1-35(2,3)50-33(46)41(34(47)51-36(4,5)6)20-24-17-25(12-11-23(24)19-37)38-30(43)28(42)29-32(45)40(15-16-49-29)26-10-8-9-22(18-26)31(44)39-14-13-27(21-39)48-7/h8-12,17-18,27-29,42H,13-16,20-21H2,1-7H3,(H,38,43)/t27-,28-,29-/m1/s1. The second kappa shape index (κ2) is 15.9. The van der Waals surface area contributed by atoms with E-state index in [1.165, 1.54) is 23.1 Å². The number of morpholine rings is 1. The number of likely N-dealkylation sites (tertiary alicyclic amines) is 1. The predicted octanol–water partition coefficient (Wildman–Crippen LogP) is 3.82. The lowest BCUT2D eigenvalue weighted by Crippen LogP contribution is -2.55. The Morgan fingerprint density at radius 3 is 2.29 bits per heavy atom. The van der Waals surface area contributed by atoms with Crippen molar-refractivity contribution in [1.82, 2.24) is 9.80 Å². The lowest BCUT2D eigenvalue weighted by Gasteiger charge is -2.34. The Morgan fingerprint density at radius 1 is 1.04 bits per heavy atom. The molecule has 2 aromatic rings. The van der Waals surface area contributed by atoms with Crippen molar-refractivity contribution in [3.63, 3.8) is 0 Å². The minimum absolute atomic E-state index is 0.00669. The molecule has 274 valence electrons. The Balaban J connectivity index is 1.49. The number of hydrogen-bond donors (Lipinski definition) is 2. The van der Waals surface area contributed by atoms with Gasteiger partial charge in [0.25, 0.3) is 17.7 Å². The monoisotopic (exact) mass is 707 g/mol. The average molecular weight is 708 g/mol. The number of imide groups is 1. The van der Waals surface area contributed by atoms with E-state index in [1.807, 2.05) is 6.07 Å². The fourth-order valence-electron chi connectivity index (χ4n) is 5.46. The van der Waals surface area contributed by atoms with Crippen molar-refractivity contribution in [2.24, 2.45) is 0 Å². The molecule has 15 nitrogen and oxygen atoms in total. The van der Waals surface area contributed by atoms with Gasteiger partial charge in [-0.15, -0.1) is 0 Å². The van der Waals surface area contributed by atoms with E-state index in [4.69, 9.17) is 18.9 Å². The second-order valence-corrected chi connectivity index (χ2v) is 14.2. The molecule has 0 radical (unpaired) electrons. The predicted molar refractivity (Wildman–Crippen MR) is 184 cm³/mol. The maximum atomic E-state index is 13.5. The number of anilines is 2. The zero-order valence-corrected chi connectivity index (χ0v) is 29.9. The number of benzene rings is 2. The van der Waals surface area contributed by atoms with Crippen molar-refractivity contribution in [3.8, 4) is 6.07 Å². The minimum Gasteiger partial charge on any atom is -0.443 e. The third-order valence-corrected chi connectivity index (χ3v) is 7.90. The molecule has 2 saturated heterocycles. The zero-order chi connectivity index (χ0) is 37.7. The summed E-state index contributed by atoms with van der Waals surface area (Å²) in [5.74, 6) is -1.86. The molecule has 2 aliphatic heterocycles. The molecule has 2 aliphatic rings. The summed E-state index contributed by atoms with van der Waals surface area (Å²) in [5.41, 5.74) is -0.743. The van der Waals surface area contributed by atoms with Gasteiger partial charge in [0.05, 0.1) is 30.9 Å². The number of carbonyl (C=O) groups is 5. The first-order valence-corrected chi connectivity index (χ1v) is 16.5. The number of hydrogen-bond acceptors (Lipinski definition) is 11. The van der Waals surface area contributed by atoms with Gasteiger partial charge in [-0.3, -0.25) is 14.4 Å². The van der Waals surface area contributed by atoms with Crippen LogP contribution < -0.4 is 10.2 Å². The van der Waals surface area contributed by atoms with E-state index < -0.39 is 54.0 Å². The third-order valence-electron chi connectivity index (χ3n) is 7.90. The zero-order valence-electron chi connectivity index (χ0n) is 29.9. The molecule has 2 aromatic carbocycles. The summed E-state index contributed by atoms with van der Waals surface area (Å²) < 4.78 is 21.7. The number of rotatable bonds is 8. The number of nitrogens with zero attached hydrogens (tertiary/aromatic N) is 4. The number of carbonyl (C=O) groups excluding carboxylic acids is 5. The summed E-state index contributed by atoms with van der Waals surface area (Å²) >= 11 is 0. The van der Waals surface area contributed by atoms with Crippen LogP contribution in [0.25, 0.3) is 0 Å². The molecule has 0 spiro atoms. The highest BCUT2D eigenvalue weighted by Gasteiger charge is 2.40. The van der Waals surface area contributed by atoms with E-state index >= 15 is 0 Å². The van der Waals surface area contributed by atoms with Crippen LogP contribution in [0.2, 0.25) is 0 Å². The van der Waals surface area contributed by atoms with Crippen LogP contribution in [0, 0.1) is 11.3 Å². The van der Waals surface area contributed by atoms with Crippen molar-refractivity contribution in [1.29, 1.82) is 5.26 Å². The first-order valence-electron chi connectivity index (χ1n) is 16.5. The van der Waals surface area contributed by atoms with Crippen molar-refractivity contribution >= 4 is 41.3 Å². The Kier molecular flexibility index (Phi) is 12.1. The highest BCUT2D eigenvalue weighted by molar-refractivity contribution is 6.04. The van der Waals surface area contributed by atoms with Gasteiger partial charge in [0, 0.05) is 43.7 Å². The van der Waals surface area contributed by atoms with Crippen LogP contribution in [0.1, 0.15) is 69.4 Å². The van der Waals surface area contributed by atoms with Crippen molar-refractivity contribution in [3.05, 3.63) is 59.2 Å². The van der Waals surface area contributed by atoms with Crippen LogP contribution in [0.4, 0.5) is 21.0 Å². The van der Waals surface area contributed by atoms with Crippen molar-refractivity contribution in [2.75, 3.05) is 43.6 Å². The van der Waals surface area contributed by atoms with Crippen LogP contribution in [0.3, 0.4) is 0 Å². The summed E-state index contributed by atoms with van der Waals surface area (Å²) in [6.07, 6.45) is -4.83. The molecule has 3 atom stereocenters. The second-order valence-electron chi connectivity index (χ2n) is 14.2. The van der Waals surface area contributed by atoms with Gasteiger partial charge >= 0.3 is 12.2 Å². The molecule has 0 aromatic heterocycles. The van der Waals surface area contributed by atoms with Crippen molar-refractivity contribution in [2.45, 2.75) is 84.0 Å². The number of aliphatic hydroxyl groups is 1. The summed E-state index contributed by atoms with van der Waals surface area (Å²) in [6.45, 7) is 10.5. The fourth-order valence-corrected chi connectivity index (χ4v) is 5.46. The molecular formula is C36H45N5O10. The minimum atomic E-state index is -1.94. The Morgan fingerprint density at radius 2 is 1.71 bits per heavy atom. The van der Waals surface area contributed by atoms with Gasteiger partial charge < -0.3 is 39.2 Å². The number of nitrogens with one attached hydrogen (secondary N) is 1. The smallest absolute Gasteiger partial charge is 0.420 e. The topological polar surface area (TPSA) is 188 Å². The van der Waals surface area contributed by atoms with E-state index in [0.29, 0.717) is 29.2 Å². The van der Waals surface area contributed by atoms with Crippen LogP contribution >= 0.6 is 0 Å². The van der Waals surface area contributed by atoms with E-state index in [0.717, 1.165) is 6.42 Å². The van der Waals surface area contributed by atoms with Crippen LogP contribution in [0.15, 0.2) is 42.5 Å². The van der Waals surface area contributed by atoms with Crippen LogP contribution in [-0.2, 0) is 35.1 Å². The molecule has 0 unspecified atom stereocenters. The molecule has 2 N–H and O–H groups in total. The quantitative estimate of drug-likeness (QED) is 0.406. The van der Waals surface area contributed by atoms with Gasteiger partial charge in [-0.05, 0) is 89.9 Å². The Hall–Kier alpha value is -5.04. The number of ether oxygens (including phenoxy) is 4.